The molecule has 0 atom stereocenters. The van der Waals surface area contributed by atoms with E-state index in [-0.39, 0.29) is 0 Å². The Balaban J connectivity index is 1.63. The van der Waals surface area contributed by atoms with E-state index in [9.17, 15) is 13.2 Å². The Kier molecular flexibility index (Phi) is 3.73. The molecule has 1 aliphatic carbocycles. The van der Waals surface area contributed by atoms with Gasteiger partial charge in [-0.15, -0.1) is 0 Å². The van der Waals surface area contributed by atoms with E-state index in [0.29, 0.717) is 12.1 Å². The fourth-order valence-electron chi connectivity index (χ4n) is 2.90. The van der Waals surface area contributed by atoms with Crippen molar-refractivity contribution in [1.29, 1.82) is 0 Å². The van der Waals surface area contributed by atoms with Crippen molar-refractivity contribution in [3.63, 3.8) is 0 Å². The topological polar surface area (TPSA) is 6.48 Å². The Labute approximate surface area is 117 Å². The zero-order chi connectivity index (χ0) is 14.2. The molecule has 0 radical (unpaired) electrons. The second-order valence-corrected chi connectivity index (χ2v) is 5.70. The molecule has 1 aliphatic heterocycles. The summed E-state index contributed by atoms with van der Waals surface area (Å²) in [5.41, 5.74) is -0.107. The lowest BCUT2D eigenvalue weighted by Crippen LogP contribution is -2.46. The minimum atomic E-state index is -4.26. The average Bonchev–Trinajstić information content (AvgIpc) is 3.23. The molecule has 20 heavy (non-hydrogen) atoms. The molecule has 3 rings (SSSR count). The van der Waals surface area contributed by atoms with Gasteiger partial charge >= 0.3 is 6.18 Å². The van der Waals surface area contributed by atoms with Crippen LogP contribution in [0.2, 0.25) is 0 Å². The van der Waals surface area contributed by atoms with Gasteiger partial charge in [0, 0.05) is 38.8 Å². The van der Waals surface area contributed by atoms with Crippen LogP contribution in [0, 0.1) is 0 Å². The van der Waals surface area contributed by atoms with E-state index in [4.69, 9.17) is 0 Å². The van der Waals surface area contributed by atoms with Crippen LogP contribution in [-0.2, 0) is 12.7 Å². The van der Waals surface area contributed by atoms with Crippen molar-refractivity contribution < 1.29 is 13.2 Å². The molecule has 1 aromatic rings. The van der Waals surface area contributed by atoms with Gasteiger partial charge in [0.1, 0.15) is 0 Å². The van der Waals surface area contributed by atoms with Crippen LogP contribution in [0.5, 0.6) is 0 Å². The molecule has 1 heterocycles. The lowest BCUT2D eigenvalue weighted by atomic mass is 10.1. The van der Waals surface area contributed by atoms with Gasteiger partial charge in [0.15, 0.2) is 0 Å². The number of halogens is 3. The van der Waals surface area contributed by atoms with Gasteiger partial charge in [-0.25, -0.2) is 0 Å². The molecular formula is C15H19F3N2. The third kappa shape index (κ3) is 3.15. The first-order chi connectivity index (χ1) is 9.54. The normalized spacial score (nSPS) is 22.1. The molecule has 5 heteroatoms. The molecule has 0 bridgehead atoms. The summed E-state index contributed by atoms with van der Waals surface area (Å²) in [5, 5.41) is 0. The van der Waals surface area contributed by atoms with Gasteiger partial charge in [0.2, 0.25) is 0 Å². The first kappa shape index (κ1) is 13.9. The van der Waals surface area contributed by atoms with Gasteiger partial charge in [0.25, 0.3) is 0 Å². The number of nitrogens with zero attached hydrogens (tertiary/aromatic N) is 2. The summed E-state index contributed by atoms with van der Waals surface area (Å²) in [5.74, 6) is 0. The van der Waals surface area contributed by atoms with Crippen LogP contribution in [0.3, 0.4) is 0 Å². The van der Waals surface area contributed by atoms with Crippen molar-refractivity contribution in [2.24, 2.45) is 0 Å². The van der Waals surface area contributed by atoms with Crippen LogP contribution in [0.1, 0.15) is 24.0 Å². The standard InChI is InChI=1S/C15H19F3N2/c16-15(17,18)14-4-2-1-3-12(14)11-19-7-9-20(10-8-19)13-5-6-13/h1-4,13H,5-11H2. The van der Waals surface area contributed by atoms with Crippen molar-refractivity contribution in [3.8, 4) is 0 Å². The highest BCUT2D eigenvalue weighted by Gasteiger charge is 2.34. The molecule has 1 saturated carbocycles. The molecule has 2 nitrogen and oxygen atoms in total. The van der Waals surface area contributed by atoms with Crippen LogP contribution < -0.4 is 0 Å². The maximum Gasteiger partial charge on any atom is 0.416 e. The van der Waals surface area contributed by atoms with E-state index < -0.39 is 11.7 Å². The van der Waals surface area contributed by atoms with Crippen molar-refractivity contribution in [3.05, 3.63) is 35.4 Å². The molecule has 0 unspecified atom stereocenters. The first-order valence-electron chi connectivity index (χ1n) is 7.15. The lowest BCUT2D eigenvalue weighted by molar-refractivity contribution is -0.138. The van der Waals surface area contributed by atoms with Gasteiger partial charge in [-0.1, -0.05) is 18.2 Å². The Bertz CT molecular complexity index is 460. The molecule has 0 amide bonds. The average molecular weight is 284 g/mol. The van der Waals surface area contributed by atoms with Gasteiger partial charge in [-0.3, -0.25) is 9.80 Å². The first-order valence-corrected chi connectivity index (χ1v) is 7.15. The Hall–Kier alpha value is -1.07. The molecule has 110 valence electrons. The second kappa shape index (κ2) is 5.37. The van der Waals surface area contributed by atoms with Crippen LogP contribution in [0.25, 0.3) is 0 Å². The van der Waals surface area contributed by atoms with E-state index in [0.717, 1.165) is 32.2 Å². The summed E-state index contributed by atoms with van der Waals surface area (Å²) >= 11 is 0. The summed E-state index contributed by atoms with van der Waals surface area (Å²) in [6, 6.07) is 6.66. The minimum absolute atomic E-state index is 0.389. The molecule has 0 spiro atoms. The Morgan fingerprint density at radius 3 is 2.25 bits per heavy atom. The number of piperazine rings is 1. The van der Waals surface area contributed by atoms with Crippen LogP contribution in [-0.4, -0.2) is 42.0 Å². The third-order valence-electron chi connectivity index (χ3n) is 4.19. The summed E-state index contributed by atoms with van der Waals surface area (Å²) in [6.07, 6.45) is -1.68. The second-order valence-electron chi connectivity index (χ2n) is 5.70. The minimum Gasteiger partial charge on any atom is -0.298 e. The predicted molar refractivity (Wildman–Crippen MR) is 71.3 cm³/mol. The van der Waals surface area contributed by atoms with Crippen molar-refractivity contribution in [2.75, 3.05) is 26.2 Å². The zero-order valence-electron chi connectivity index (χ0n) is 11.4. The molecule has 1 aromatic carbocycles. The van der Waals surface area contributed by atoms with Crippen LogP contribution in [0.15, 0.2) is 24.3 Å². The van der Waals surface area contributed by atoms with Gasteiger partial charge in [-0.05, 0) is 24.5 Å². The van der Waals surface area contributed by atoms with Crippen molar-refractivity contribution in [2.45, 2.75) is 31.6 Å². The van der Waals surface area contributed by atoms with Crippen LogP contribution in [0.4, 0.5) is 13.2 Å². The highest BCUT2D eigenvalue weighted by atomic mass is 19.4. The largest absolute Gasteiger partial charge is 0.416 e. The summed E-state index contributed by atoms with van der Waals surface area (Å²) in [7, 11) is 0. The monoisotopic (exact) mass is 284 g/mol. The zero-order valence-corrected chi connectivity index (χ0v) is 11.4. The fraction of sp³-hybridized carbons (Fsp3) is 0.600. The van der Waals surface area contributed by atoms with E-state index in [1.165, 1.54) is 25.0 Å². The van der Waals surface area contributed by atoms with E-state index >= 15 is 0 Å². The maximum absolute atomic E-state index is 13.0. The number of hydrogen-bond donors (Lipinski definition) is 0. The number of alkyl halides is 3. The fourth-order valence-corrected chi connectivity index (χ4v) is 2.90. The predicted octanol–water partition coefficient (Wildman–Crippen LogP) is 2.99. The molecule has 0 aromatic heterocycles. The summed E-state index contributed by atoms with van der Waals surface area (Å²) < 4.78 is 38.9. The lowest BCUT2D eigenvalue weighted by Gasteiger charge is -2.35. The molecule has 1 saturated heterocycles. The Morgan fingerprint density at radius 2 is 1.65 bits per heavy atom. The summed E-state index contributed by atoms with van der Waals surface area (Å²) in [4.78, 5) is 4.59. The molecular weight excluding hydrogens is 265 g/mol. The highest BCUT2D eigenvalue weighted by molar-refractivity contribution is 5.29. The van der Waals surface area contributed by atoms with Crippen molar-refractivity contribution >= 4 is 0 Å². The smallest absolute Gasteiger partial charge is 0.298 e. The molecule has 2 aliphatic rings. The quantitative estimate of drug-likeness (QED) is 0.842. The molecule has 2 fully saturated rings. The van der Waals surface area contributed by atoms with E-state index in [1.54, 1.807) is 12.1 Å². The number of benzene rings is 1. The highest BCUT2D eigenvalue weighted by Crippen LogP contribution is 2.33. The molecule has 0 N–H and O–H groups in total. The van der Waals surface area contributed by atoms with E-state index in [1.807, 2.05) is 0 Å². The van der Waals surface area contributed by atoms with Crippen LogP contribution >= 0.6 is 0 Å². The number of hydrogen-bond acceptors (Lipinski definition) is 2. The third-order valence-corrected chi connectivity index (χ3v) is 4.19. The van der Waals surface area contributed by atoms with Gasteiger partial charge in [-0.2, -0.15) is 13.2 Å². The van der Waals surface area contributed by atoms with Gasteiger partial charge in [0.05, 0.1) is 5.56 Å². The van der Waals surface area contributed by atoms with E-state index in [2.05, 4.69) is 9.80 Å². The maximum atomic E-state index is 13.0. The SMILES string of the molecule is FC(F)(F)c1ccccc1CN1CCN(C2CC2)CC1. The van der Waals surface area contributed by atoms with Gasteiger partial charge < -0.3 is 0 Å². The summed E-state index contributed by atoms with van der Waals surface area (Å²) in [6.45, 7) is 4.09. The van der Waals surface area contributed by atoms with Crippen molar-refractivity contribution in [1.82, 2.24) is 9.80 Å². The number of rotatable bonds is 3. The Morgan fingerprint density at radius 1 is 1.00 bits per heavy atom.